The Balaban J connectivity index is 0. The van der Waals surface area contributed by atoms with Crippen LogP contribution in [0.1, 0.15) is 0 Å². The van der Waals surface area contributed by atoms with E-state index in [0.29, 0.717) is 0 Å². The zero-order chi connectivity index (χ0) is 3.58. The van der Waals surface area contributed by atoms with Gasteiger partial charge in [-0.25, -0.2) is 0 Å². The molecule has 5 heteroatoms. The van der Waals surface area contributed by atoms with E-state index < -0.39 is 13.2 Å². The SMILES string of the molecule is Cl.[Cl][Ga]([Cl])[Cl]. The fourth-order valence-electron chi connectivity index (χ4n) is 0. The Hall–Kier alpha value is 1.80. The molecule has 0 aromatic rings. The van der Waals surface area contributed by atoms with E-state index in [4.69, 9.17) is 28.9 Å². The molecule has 0 aromatic carbocycles. The normalized spacial score (nSPS) is 5.40. The molecule has 0 amide bonds. The molecule has 0 aliphatic heterocycles. The first-order valence-electron chi connectivity index (χ1n) is 0.655. The molecule has 0 nitrogen and oxygen atoms in total. The Morgan fingerprint density at radius 2 is 1.00 bits per heavy atom. The Labute approximate surface area is 54.3 Å². The second-order valence-corrected chi connectivity index (χ2v) is 11.6. The summed E-state index contributed by atoms with van der Waals surface area (Å²) in [7, 11) is 15.0. The maximum absolute atomic E-state index is 4.99. The van der Waals surface area contributed by atoms with Gasteiger partial charge in [-0.3, -0.25) is 0 Å². The van der Waals surface area contributed by atoms with Crippen molar-refractivity contribution >= 4 is 54.5 Å². The van der Waals surface area contributed by atoms with Crippen LogP contribution in [0.3, 0.4) is 0 Å². The van der Waals surface area contributed by atoms with Crippen molar-refractivity contribution in [1.29, 1.82) is 0 Å². The van der Waals surface area contributed by atoms with Gasteiger partial charge in [0.25, 0.3) is 0 Å². The fraction of sp³-hybridized carbons (Fsp3) is 0. The third-order valence-corrected chi connectivity index (χ3v) is 0. The minimum absolute atomic E-state index is 0. The molecule has 0 unspecified atom stereocenters. The standard InChI is InChI=1S/4ClH.Ga/h4*1H;/q;;;;+3/p-3. The molecule has 0 heterocycles. The molecular weight excluding hydrogens is 212 g/mol. The van der Waals surface area contributed by atoms with Gasteiger partial charge in [-0.2, -0.15) is 0 Å². The van der Waals surface area contributed by atoms with E-state index >= 15 is 0 Å². The van der Waals surface area contributed by atoms with Crippen LogP contribution < -0.4 is 0 Å². The molecule has 0 rings (SSSR count). The summed E-state index contributed by atoms with van der Waals surface area (Å²) in [5.41, 5.74) is 0. The summed E-state index contributed by atoms with van der Waals surface area (Å²) in [6.45, 7) is 0. The Morgan fingerprint density at radius 1 is 1.00 bits per heavy atom. The number of hydrogen-bond donors (Lipinski definition) is 0. The van der Waals surface area contributed by atoms with E-state index in [1.165, 1.54) is 0 Å². The van der Waals surface area contributed by atoms with Crippen LogP contribution in [0.2, 0.25) is 0 Å². The van der Waals surface area contributed by atoms with Gasteiger partial charge in [-0.05, 0) is 0 Å². The molecule has 0 N–H and O–H groups in total. The molecule has 0 atom stereocenters. The molecule has 0 saturated heterocycles. The molecule has 32 valence electrons. The Morgan fingerprint density at radius 3 is 1.00 bits per heavy atom. The van der Waals surface area contributed by atoms with Crippen LogP contribution >= 0.6 is 41.3 Å². The van der Waals surface area contributed by atoms with Gasteiger partial charge in [0.1, 0.15) is 0 Å². The third-order valence-electron chi connectivity index (χ3n) is 0. The summed E-state index contributed by atoms with van der Waals surface area (Å²) in [5.74, 6) is 0. The summed E-state index contributed by atoms with van der Waals surface area (Å²) in [4.78, 5) is 0. The molecule has 0 bridgehead atoms. The van der Waals surface area contributed by atoms with Crippen LogP contribution in [-0.4, -0.2) is 13.2 Å². The quantitative estimate of drug-likeness (QED) is 0.540. The second-order valence-electron chi connectivity index (χ2n) is 0.247. The summed E-state index contributed by atoms with van der Waals surface area (Å²) >= 11 is -2.06. The average molecular weight is 213 g/mol. The monoisotopic (exact) mass is 210 g/mol. The first-order chi connectivity index (χ1) is 1.73. The van der Waals surface area contributed by atoms with Crippen molar-refractivity contribution in [2.45, 2.75) is 0 Å². The van der Waals surface area contributed by atoms with Crippen molar-refractivity contribution in [2.75, 3.05) is 0 Å². The first-order valence-corrected chi connectivity index (χ1v) is 10.2. The van der Waals surface area contributed by atoms with Crippen LogP contribution in [-0.2, 0) is 0 Å². The number of rotatable bonds is 0. The average Bonchev–Trinajstić information content (AvgIpc) is 0.811. The van der Waals surface area contributed by atoms with E-state index in [1.807, 2.05) is 0 Å². The predicted molar refractivity (Wildman–Crippen MR) is 30.6 cm³/mol. The molecular formula is HCl4Ga. The van der Waals surface area contributed by atoms with E-state index in [-0.39, 0.29) is 12.4 Å². The van der Waals surface area contributed by atoms with Gasteiger partial charge >= 0.3 is 42.1 Å². The van der Waals surface area contributed by atoms with Crippen molar-refractivity contribution in [3.63, 3.8) is 0 Å². The van der Waals surface area contributed by atoms with E-state index in [0.717, 1.165) is 0 Å². The summed E-state index contributed by atoms with van der Waals surface area (Å²) in [6, 6.07) is 0. The molecule has 0 radical (unpaired) electrons. The van der Waals surface area contributed by atoms with Gasteiger partial charge in [-0.15, -0.1) is 12.4 Å². The van der Waals surface area contributed by atoms with Crippen LogP contribution in [0.15, 0.2) is 0 Å². The summed E-state index contributed by atoms with van der Waals surface area (Å²) in [5, 5.41) is 0. The maximum atomic E-state index is 4.99. The molecule has 0 aliphatic rings. The zero-order valence-electron chi connectivity index (χ0n) is 2.12. The Kier molecular flexibility index (Phi) is 11.5. The summed E-state index contributed by atoms with van der Waals surface area (Å²) < 4.78 is 0. The van der Waals surface area contributed by atoms with Gasteiger partial charge in [0.15, 0.2) is 0 Å². The zero-order valence-corrected chi connectivity index (χ0v) is 7.63. The first kappa shape index (κ1) is 9.93. The van der Waals surface area contributed by atoms with Gasteiger partial charge in [0.05, 0.1) is 0 Å². The van der Waals surface area contributed by atoms with Gasteiger partial charge < -0.3 is 0 Å². The van der Waals surface area contributed by atoms with E-state index in [1.54, 1.807) is 0 Å². The molecule has 0 aliphatic carbocycles. The topological polar surface area (TPSA) is 0 Å². The van der Waals surface area contributed by atoms with Gasteiger partial charge in [-0.1, -0.05) is 0 Å². The molecule has 0 spiro atoms. The van der Waals surface area contributed by atoms with Crippen molar-refractivity contribution in [3.05, 3.63) is 0 Å². The number of halogens is 4. The van der Waals surface area contributed by atoms with E-state index in [2.05, 4.69) is 0 Å². The second kappa shape index (κ2) is 5.80. The van der Waals surface area contributed by atoms with Crippen LogP contribution in [0.4, 0.5) is 0 Å². The van der Waals surface area contributed by atoms with Gasteiger partial charge in [0.2, 0.25) is 0 Å². The fourth-order valence-corrected chi connectivity index (χ4v) is 0. The Bertz CT molecular complexity index is 8.36. The third kappa shape index (κ3) is 25.9. The predicted octanol–water partition coefficient (Wildman–Crippen LogP) is 2.11. The van der Waals surface area contributed by atoms with Crippen molar-refractivity contribution in [1.82, 2.24) is 0 Å². The number of hydrogen-bond acceptors (Lipinski definition) is 0. The van der Waals surface area contributed by atoms with Crippen molar-refractivity contribution in [2.24, 2.45) is 0 Å². The minimum atomic E-state index is -2.06. The van der Waals surface area contributed by atoms with Crippen LogP contribution in [0.5, 0.6) is 0 Å². The van der Waals surface area contributed by atoms with Crippen LogP contribution in [0.25, 0.3) is 0 Å². The summed E-state index contributed by atoms with van der Waals surface area (Å²) in [6.07, 6.45) is 0. The molecule has 0 saturated carbocycles. The van der Waals surface area contributed by atoms with Crippen LogP contribution in [0, 0.1) is 0 Å². The van der Waals surface area contributed by atoms with Crippen molar-refractivity contribution in [3.8, 4) is 0 Å². The molecule has 0 fully saturated rings. The molecule has 5 heavy (non-hydrogen) atoms. The van der Waals surface area contributed by atoms with E-state index in [9.17, 15) is 0 Å². The van der Waals surface area contributed by atoms with Crippen molar-refractivity contribution < 1.29 is 0 Å². The molecule has 0 aromatic heterocycles. The van der Waals surface area contributed by atoms with Gasteiger partial charge in [0, 0.05) is 0 Å².